The first-order chi connectivity index (χ1) is 16.4. The van der Waals surface area contributed by atoms with E-state index in [-0.39, 0.29) is 17.4 Å². The Morgan fingerprint density at radius 3 is 2.44 bits per heavy atom. The van der Waals surface area contributed by atoms with Gasteiger partial charge in [0.15, 0.2) is 0 Å². The van der Waals surface area contributed by atoms with Crippen molar-refractivity contribution in [3.8, 4) is 34.0 Å². The van der Waals surface area contributed by atoms with Gasteiger partial charge in [0.2, 0.25) is 0 Å². The number of H-pyrrole nitrogens is 1. The van der Waals surface area contributed by atoms with E-state index in [0.29, 0.717) is 21.9 Å². The van der Waals surface area contributed by atoms with Gasteiger partial charge >= 0.3 is 5.97 Å². The lowest BCUT2D eigenvalue weighted by Crippen LogP contribution is -2.01. The lowest BCUT2D eigenvalue weighted by Gasteiger charge is -2.07. The Kier molecular flexibility index (Phi) is 5.51. The van der Waals surface area contributed by atoms with Crippen LogP contribution < -0.4 is 4.74 Å². The van der Waals surface area contributed by atoms with Gasteiger partial charge in [-0.1, -0.05) is 54.1 Å². The average Bonchev–Trinajstić information content (AvgIpc) is 3.21. The Hall–Kier alpha value is -4.16. The Balaban J connectivity index is 1.46. The monoisotopic (exact) mass is 472 g/mol. The van der Waals surface area contributed by atoms with E-state index in [2.05, 4.69) is 9.97 Å². The largest absolute Gasteiger partial charge is 0.478 e. The molecule has 0 atom stereocenters. The van der Waals surface area contributed by atoms with Crippen LogP contribution in [-0.4, -0.2) is 21.0 Å². The van der Waals surface area contributed by atoms with Crippen LogP contribution in [0.2, 0.25) is 5.02 Å². The molecule has 0 aliphatic heterocycles. The molecule has 168 valence electrons. The van der Waals surface area contributed by atoms with E-state index in [0.717, 1.165) is 27.8 Å². The molecule has 4 aromatic carbocycles. The van der Waals surface area contributed by atoms with E-state index in [4.69, 9.17) is 16.3 Å². The van der Waals surface area contributed by atoms with Crippen LogP contribution in [0.3, 0.4) is 0 Å². The molecule has 34 heavy (non-hydrogen) atoms. The first-order valence-electron chi connectivity index (χ1n) is 10.5. The van der Waals surface area contributed by atoms with Gasteiger partial charge in [-0.25, -0.2) is 9.18 Å². The molecule has 5 aromatic rings. The summed E-state index contributed by atoms with van der Waals surface area (Å²) in [6.45, 7) is 1.68. The van der Waals surface area contributed by atoms with Gasteiger partial charge in [-0.2, -0.15) is 4.98 Å². The maximum absolute atomic E-state index is 13.6. The summed E-state index contributed by atoms with van der Waals surface area (Å²) in [5.41, 5.74) is 5.41. The van der Waals surface area contributed by atoms with E-state index >= 15 is 0 Å². The number of nitrogens with zero attached hydrogens (tertiary/aromatic N) is 1. The Morgan fingerprint density at radius 2 is 1.71 bits per heavy atom. The highest BCUT2D eigenvalue weighted by Crippen LogP contribution is 2.34. The number of aromatic carboxylic acids is 1. The lowest BCUT2D eigenvalue weighted by atomic mass is 10.00. The molecule has 1 heterocycles. The van der Waals surface area contributed by atoms with Crippen molar-refractivity contribution in [3.63, 3.8) is 0 Å². The van der Waals surface area contributed by atoms with E-state index in [1.54, 1.807) is 31.2 Å². The number of imidazole rings is 1. The summed E-state index contributed by atoms with van der Waals surface area (Å²) < 4.78 is 19.4. The van der Waals surface area contributed by atoms with Gasteiger partial charge in [0.05, 0.1) is 21.6 Å². The summed E-state index contributed by atoms with van der Waals surface area (Å²) in [6.07, 6.45) is 0. The summed E-state index contributed by atoms with van der Waals surface area (Å²) in [4.78, 5) is 18.9. The molecule has 7 heteroatoms. The third kappa shape index (κ3) is 4.11. The van der Waals surface area contributed by atoms with Crippen molar-refractivity contribution in [1.82, 2.24) is 9.97 Å². The van der Waals surface area contributed by atoms with Crippen molar-refractivity contribution in [2.75, 3.05) is 0 Å². The molecule has 0 aliphatic rings. The van der Waals surface area contributed by atoms with Crippen LogP contribution in [0.5, 0.6) is 11.8 Å². The maximum atomic E-state index is 13.6. The minimum atomic E-state index is -1.02. The van der Waals surface area contributed by atoms with Gasteiger partial charge in [0.1, 0.15) is 11.6 Å². The van der Waals surface area contributed by atoms with Crippen molar-refractivity contribution < 1.29 is 19.0 Å². The van der Waals surface area contributed by atoms with Crippen LogP contribution in [0.1, 0.15) is 15.9 Å². The minimum Gasteiger partial charge on any atom is -0.478 e. The third-order valence-electron chi connectivity index (χ3n) is 5.62. The number of nitrogens with one attached hydrogen (secondary N) is 1. The van der Waals surface area contributed by atoms with Gasteiger partial charge < -0.3 is 14.8 Å². The number of carboxylic acid groups (broad SMARTS) is 1. The number of hydrogen-bond acceptors (Lipinski definition) is 3. The number of carboxylic acids is 1. The summed E-state index contributed by atoms with van der Waals surface area (Å²) in [7, 11) is 0. The number of carbonyl (C=O) groups is 1. The van der Waals surface area contributed by atoms with Crippen LogP contribution in [-0.2, 0) is 0 Å². The fourth-order valence-electron chi connectivity index (χ4n) is 3.85. The number of rotatable bonds is 5. The van der Waals surface area contributed by atoms with Crippen LogP contribution in [0.25, 0.3) is 33.3 Å². The molecular weight excluding hydrogens is 455 g/mol. The number of ether oxygens (including phenoxy) is 1. The fourth-order valence-corrected chi connectivity index (χ4v) is 4.12. The predicted octanol–water partition coefficient (Wildman–Crippen LogP) is 7.49. The minimum absolute atomic E-state index is 0.167. The Bertz CT molecular complexity index is 1540. The third-order valence-corrected chi connectivity index (χ3v) is 5.94. The SMILES string of the molecule is Cc1c(Oc2nc3cc(Cl)c(-c4ccc(-c5cccc(F)c5)cc4)cc3[nH]2)cccc1C(=O)O. The average molecular weight is 473 g/mol. The molecule has 0 saturated carbocycles. The van der Waals surface area contributed by atoms with Crippen LogP contribution >= 0.6 is 11.6 Å². The molecule has 2 N–H and O–H groups in total. The van der Waals surface area contributed by atoms with Crippen molar-refractivity contribution in [3.05, 3.63) is 101 Å². The second-order valence-corrected chi connectivity index (χ2v) is 8.22. The molecule has 0 amide bonds. The Morgan fingerprint density at radius 1 is 0.971 bits per heavy atom. The maximum Gasteiger partial charge on any atom is 0.336 e. The zero-order valence-corrected chi connectivity index (χ0v) is 18.7. The first kappa shape index (κ1) is 21.7. The van der Waals surface area contributed by atoms with Crippen molar-refractivity contribution >= 4 is 28.6 Å². The zero-order valence-electron chi connectivity index (χ0n) is 18.0. The molecule has 0 spiro atoms. The first-order valence-corrected chi connectivity index (χ1v) is 10.8. The molecule has 5 rings (SSSR count). The van der Waals surface area contributed by atoms with Crippen molar-refractivity contribution in [2.24, 2.45) is 0 Å². The normalized spacial score (nSPS) is 11.0. The van der Waals surface area contributed by atoms with Crippen molar-refractivity contribution in [1.29, 1.82) is 0 Å². The topological polar surface area (TPSA) is 75.2 Å². The van der Waals surface area contributed by atoms with Gasteiger partial charge in [-0.15, -0.1) is 0 Å². The zero-order chi connectivity index (χ0) is 23.8. The highest BCUT2D eigenvalue weighted by molar-refractivity contribution is 6.34. The molecule has 0 bridgehead atoms. The van der Waals surface area contributed by atoms with Crippen LogP contribution in [0.15, 0.2) is 78.9 Å². The smallest absolute Gasteiger partial charge is 0.336 e. The molecule has 0 unspecified atom stereocenters. The highest BCUT2D eigenvalue weighted by Gasteiger charge is 2.15. The second-order valence-electron chi connectivity index (χ2n) is 7.81. The van der Waals surface area contributed by atoms with E-state index in [1.165, 1.54) is 18.2 Å². The molecule has 5 nitrogen and oxygen atoms in total. The summed E-state index contributed by atoms with van der Waals surface area (Å²) in [6, 6.07) is 22.9. The second kappa shape index (κ2) is 8.65. The highest BCUT2D eigenvalue weighted by atomic mass is 35.5. The van der Waals surface area contributed by atoms with E-state index in [1.807, 2.05) is 36.4 Å². The number of fused-ring (bicyclic) bond motifs is 1. The molecular formula is C27H18ClFN2O3. The van der Waals surface area contributed by atoms with Gasteiger partial charge in [-0.3, -0.25) is 0 Å². The van der Waals surface area contributed by atoms with Gasteiger partial charge in [0.25, 0.3) is 6.01 Å². The fraction of sp³-hybridized carbons (Fsp3) is 0.0370. The predicted molar refractivity (Wildman–Crippen MR) is 130 cm³/mol. The molecule has 0 radical (unpaired) electrons. The molecule has 0 fully saturated rings. The number of halogens is 2. The molecule has 0 aliphatic carbocycles. The number of hydrogen-bond donors (Lipinski definition) is 2. The Labute approximate surface area is 199 Å². The summed E-state index contributed by atoms with van der Waals surface area (Å²) in [5, 5.41) is 9.84. The standard InChI is InChI=1S/C27H18ClFN2O3/c1-15-20(26(32)33)6-3-7-25(15)34-27-30-23-13-21(22(28)14-24(23)31-27)17-10-8-16(9-11-17)18-4-2-5-19(29)12-18/h2-14H,1H3,(H,30,31)(H,32,33). The van der Waals surface area contributed by atoms with Crippen LogP contribution in [0.4, 0.5) is 4.39 Å². The number of aromatic amines is 1. The van der Waals surface area contributed by atoms with Gasteiger partial charge in [0, 0.05) is 11.1 Å². The summed E-state index contributed by atoms with van der Waals surface area (Å²) in [5.74, 6) is -0.900. The lowest BCUT2D eigenvalue weighted by molar-refractivity contribution is 0.0695. The van der Waals surface area contributed by atoms with Crippen molar-refractivity contribution in [2.45, 2.75) is 6.92 Å². The molecule has 1 aromatic heterocycles. The quantitative estimate of drug-likeness (QED) is 0.278. The number of aromatic nitrogens is 2. The number of benzene rings is 4. The summed E-state index contributed by atoms with van der Waals surface area (Å²) >= 11 is 6.56. The van der Waals surface area contributed by atoms with Gasteiger partial charge in [-0.05, 0) is 60.0 Å². The molecule has 0 saturated heterocycles. The van der Waals surface area contributed by atoms with E-state index in [9.17, 15) is 14.3 Å². The van der Waals surface area contributed by atoms with E-state index < -0.39 is 5.97 Å². The van der Waals surface area contributed by atoms with Crippen LogP contribution in [0, 0.1) is 12.7 Å².